The molecular weight excluding hydrogens is 532 g/mol. The summed E-state index contributed by atoms with van der Waals surface area (Å²) in [5.41, 5.74) is 12.4. The van der Waals surface area contributed by atoms with Gasteiger partial charge in [0, 0.05) is 32.9 Å². The van der Waals surface area contributed by atoms with Crippen molar-refractivity contribution >= 4 is 49.3 Å². The topological polar surface area (TPSA) is 9.86 Å². The monoisotopic (exact) mass is 562 g/mol. The van der Waals surface area contributed by atoms with E-state index in [1.54, 1.807) is 0 Å². The van der Waals surface area contributed by atoms with Crippen LogP contribution in [-0.2, 0) is 0 Å². The molecular formula is C42H30N2. The zero-order valence-electron chi connectivity index (χ0n) is 24.3. The first-order valence-corrected chi connectivity index (χ1v) is 15.4. The zero-order valence-corrected chi connectivity index (χ0v) is 24.3. The van der Waals surface area contributed by atoms with Gasteiger partial charge in [0.25, 0.3) is 0 Å². The highest BCUT2D eigenvalue weighted by molar-refractivity contribution is 6.13. The third kappa shape index (κ3) is 3.88. The van der Waals surface area contributed by atoms with Crippen molar-refractivity contribution in [2.24, 2.45) is 0 Å². The largest absolute Gasteiger partial charge is 0.313 e. The Balaban J connectivity index is 1.26. The normalized spacial score (nSPS) is 13.3. The van der Waals surface area contributed by atoms with Crippen LogP contribution in [0, 0.1) is 0 Å². The molecule has 2 heteroatoms. The third-order valence-electron chi connectivity index (χ3n) is 9.17. The van der Waals surface area contributed by atoms with Crippen LogP contribution in [-0.4, -0.2) is 9.13 Å². The molecule has 9 rings (SSSR count). The fourth-order valence-electron chi connectivity index (χ4n) is 7.10. The second kappa shape index (κ2) is 10.00. The molecule has 44 heavy (non-hydrogen) atoms. The molecule has 0 N–H and O–H groups in total. The highest BCUT2D eigenvalue weighted by atomic mass is 15.0. The Morgan fingerprint density at radius 3 is 1.73 bits per heavy atom. The first-order chi connectivity index (χ1) is 21.8. The van der Waals surface area contributed by atoms with E-state index in [-0.39, 0.29) is 0 Å². The van der Waals surface area contributed by atoms with Gasteiger partial charge in [0.2, 0.25) is 0 Å². The van der Waals surface area contributed by atoms with Gasteiger partial charge in [0.1, 0.15) is 0 Å². The maximum absolute atomic E-state index is 2.46. The molecule has 1 aliphatic carbocycles. The number of rotatable bonds is 4. The minimum Gasteiger partial charge on any atom is -0.313 e. The molecule has 2 aromatic heterocycles. The summed E-state index contributed by atoms with van der Waals surface area (Å²) in [6.45, 7) is 0. The minimum absolute atomic E-state index is 1.06. The van der Waals surface area contributed by atoms with Crippen LogP contribution in [0.4, 0.5) is 0 Å². The number of aromatic nitrogens is 2. The van der Waals surface area contributed by atoms with Gasteiger partial charge < -0.3 is 9.13 Å². The second-order valence-corrected chi connectivity index (χ2v) is 11.7. The Labute approximate surface area is 256 Å². The molecule has 2 nitrogen and oxygen atoms in total. The van der Waals surface area contributed by atoms with Crippen LogP contribution < -0.4 is 0 Å². The fourth-order valence-corrected chi connectivity index (χ4v) is 7.10. The molecule has 208 valence electrons. The molecule has 2 heterocycles. The summed E-state index contributed by atoms with van der Waals surface area (Å²) in [5, 5.41) is 5.13. The molecule has 0 spiro atoms. The number of para-hydroxylation sites is 2. The molecule has 0 amide bonds. The molecule has 0 atom stereocenters. The van der Waals surface area contributed by atoms with E-state index < -0.39 is 0 Å². The van der Waals surface area contributed by atoms with E-state index in [9.17, 15) is 0 Å². The van der Waals surface area contributed by atoms with Crippen LogP contribution >= 0.6 is 0 Å². The van der Waals surface area contributed by atoms with Gasteiger partial charge >= 0.3 is 0 Å². The van der Waals surface area contributed by atoms with Gasteiger partial charge in [0.05, 0.1) is 22.1 Å². The van der Waals surface area contributed by atoms with Crippen molar-refractivity contribution in [1.29, 1.82) is 0 Å². The Hall–Kier alpha value is -5.60. The average Bonchev–Trinajstić information content (AvgIpc) is 3.61. The molecule has 0 bridgehead atoms. The van der Waals surface area contributed by atoms with E-state index in [2.05, 4.69) is 167 Å². The summed E-state index contributed by atoms with van der Waals surface area (Å²) in [7, 11) is 0. The van der Waals surface area contributed by atoms with E-state index in [4.69, 9.17) is 0 Å². The minimum atomic E-state index is 1.06. The van der Waals surface area contributed by atoms with E-state index in [1.807, 2.05) is 0 Å². The number of hydrogen-bond donors (Lipinski definition) is 0. The van der Waals surface area contributed by atoms with Crippen LogP contribution in [0.15, 0.2) is 158 Å². The van der Waals surface area contributed by atoms with Crippen LogP contribution in [0.1, 0.15) is 12.8 Å². The van der Waals surface area contributed by atoms with Crippen molar-refractivity contribution < 1.29 is 0 Å². The Morgan fingerprint density at radius 2 is 1.00 bits per heavy atom. The molecule has 0 unspecified atom stereocenters. The van der Waals surface area contributed by atoms with Gasteiger partial charge in [0.15, 0.2) is 0 Å². The van der Waals surface area contributed by atoms with Crippen molar-refractivity contribution in [3.05, 3.63) is 158 Å². The van der Waals surface area contributed by atoms with Crippen LogP contribution in [0.25, 0.3) is 77.2 Å². The first-order valence-electron chi connectivity index (χ1n) is 15.4. The Morgan fingerprint density at radius 1 is 0.409 bits per heavy atom. The molecule has 0 radical (unpaired) electrons. The zero-order chi connectivity index (χ0) is 29.0. The third-order valence-corrected chi connectivity index (χ3v) is 9.17. The molecule has 6 aromatic carbocycles. The summed E-state index contributed by atoms with van der Waals surface area (Å²) in [5.74, 6) is 0. The molecule has 0 saturated heterocycles. The highest BCUT2D eigenvalue weighted by Gasteiger charge is 2.17. The number of allylic oxidation sites excluding steroid dienone is 4. The number of fused-ring (bicyclic) bond motifs is 6. The van der Waals surface area contributed by atoms with Crippen LogP contribution in [0.5, 0.6) is 0 Å². The van der Waals surface area contributed by atoms with E-state index in [0.29, 0.717) is 0 Å². The van der Waals surface area contributed by atoms with Gasteiger partial charge in [-0.25, -0.2) is 0 Å². The maximum atomic E-state index is 2.46. The molecule has 1 aliphatic rings. The first kappa shape index (κ1) is 24.9. The smallest absolute Gasteiger partial charge is 0.0547 e. The van der Waals surface area contributed by atoms with Crippen molar-refractivity contribution in [2.45, 2.75) is 12.8 Å². The number of hydrogen-bond acceptors (Lipinski definition) is 0. The predicted molar refractivity (Wildman–Crippen MR) is 187 cm³/mol. The maximum Gasteiger partial charge on any atom is 0.0547 e. The number of nitrogens with zero attached hydrogens (tertiary/aromatic N) is 2. The summed E-state index contributed by atoms with van der Waals surface area (Å²) in [6, 6.07) is 51.0. The van der Waals surface area contributed by atoms with Gasteiger partial charge in [-0.3, -0.25) is 0 Å². The van der Waals surface area contributed by atoms with Gasteiger partial charge in [-0.2, -0.15) is 0 Å². The molecule has 0 fully saturated rings. The molecule has 0 aliphatic heterocycles. The van der Waals surface area contributed by atoms with Gasteiger partial charge in [-0.1, -0.05) is 103 Å². The summed E-state index contributed by atoms with van der Waals surface area (Å²) in [6.07, 6.45) is 8.85. The Kier molecular flexibility index (Phi) is 5.67. The lowest BCUT2D eigenvalue weighted by Gasteiger charge is -2.14. The Bertz CT molecular complexity index is 2420. The second-order valence-electron chi connectivity index (χ2n) is 11.7. The number of benzene rings is 6. The SMILES string of the molecule is C1=CCCC(n2c3ccccc3c3cc(-c4ccc5c(c4)c4ccc(-c6ccccc6)cc4n5-c4ccccc4)ccc32)=C1. The highest BCUT2D eigenvalue weighted by Crippen LogP contribution is 2.39. The quantitative estimate of drug-likeness (QED) is 0.202. The lowest BCUT2D eigenvalue weighted by molar-refractivity contribution is 0.979. The molecule has 8 aromatic rings. The lowest BCUT2D eigenvalue weighted by atomic mass is 9.99. The standard InChI is InChI=1S/C42H30N2/c1-4-12-29(13-5-1)32-20-23-36-38-27-31(22-25-41(38)44(42(36)28-32)34-16-8-3-9-17-34)30-21-24-40-37(26-30)35-18-10-11-19-39(35)43(40)33-14-6-2-7-15-33/h1-6,8-14,16-28H,7,15H2. The van der Waals surface area contributed by atoms with Gasteiger partial charge in [-0.05, 0) is 89.7 Å². The van der Waals surface area contributed by atoms with Crippen molar-refractivity contribution in [2.75, 3.05) is 0 Å². The average molecular weight is 563 g/mol. The van der Waals surface area contributed by atoms with E-state index >= 15 is 0 Å². The van der Waals surface area contributed by atoms with Crippen molar-refractivity contribution in [3.8, 4) is 27.9 Å². The summed E-state index contributed by atoms with van der Waals surface area (Å²) < 4.78 is 4.86. The molecule has 0 saturated carbocycles. The summed E-state index contributed by atoms with van der Waals surface area (Å²) >= 11 is 0. The van der Waals surface area contributed by atoms with Crippen LogP contribution in [0.3, 0.4) is 0 Å². The van der Waals surface area contributed by atoms with E-state index in [0.717, 1.165) is 12.8 Å². The fraction of sp³-hybridized carbons (Fsp3) is 0.0476. The van der Waals surface area contributed by atoms with Gasteiger partial charge in [-0.15, -0.1) is 0 Å². The van der Waals surface area contributed by atoms with E-state index in [1.165, 1.54) is 77.2 Å². The van der Waals surface area contributed by atoms with Crippen molar-refractivity contribution in [1.82, 2.24) is 9.13 Å². The van der Waals surface area contributed by atoms with Crippen LogP contribution in [0.2, 0.25) is 0 Å². The lowest BCUT2D eigenvalue weighted by Crippen LogP contribution is -1.98. The van der Waals surface area contributed by atoms with Crippen molar-refractivity contribution in [3.63, 3.8) is 0 Å². The summed E-state index contributed by atoms with van der Waals surface area (Å²) in [4.78, 5) is 0. The predicted octanol–water partition coefficient (Wildman–Crippen LogP) is 11.4.